The van der Waals surface area contributed by atoms with Crippen molar-refractivity contribution in [3.63, 3.8) is 0 Å². The smallest absolute Gasteiger partial charge is 0.153 e. The normalized spacial score (nSPS) is 43.9. The first-order chi connectivity index (χ1) is 9.28. The zero-order valence-corrected chi connectivity index (χ0v) is 11.6. The third kappa shape index (κ3) is 1.77. The molecule has 1 heterocycles. The summed E-state index contributed by atoms with van der Waals surface area (Å²) in [5.41, 5.74) is 0.592. The molecule has 1 aromatic heterocycles. The molecule has 0 radical (unpaired) electrons. The number of nitrogens with zero attached hydrogens (tertiary/aromatic N) is 2. The van der Waals surface area contributed by atoms with Crippen LogP contribution in [0.4, 0.5) is 0 Å². The molecule has 3 heteroatoms. The first-order valence-electron chi connectivity index (χ1n) is 8.19. The number of hydrogen-bond donors (Lipinski definition) is 1. The number of aromatic amines is 1. The Morgan fingerprint density at radius 1 is 1.00 bits per heavy atom. The maximum atomic E-state index is 4.78. The topological polar surface area (TPSA) is 41.6 Å². The van der Waals surface area contributed by atoms with Crippen molar-refractivity contribution in [2.45, 2.75) is 63.7 Å². The Balaban J connectivity index is 1.39. The van der Waals surface area contributed by atoms with Gasteiger partial charge in [-0.3, -0.25) is 5.10 Å². The predicted octanol–water partition coefficient (Wildman–Crippen LogP) is 3.44. The molecule has 3 nitrogen and oxygen atoms in total. The Hall–Kier alpha value is -0.860. The van der Waals surface area contributed by atoms with Crippen molar-refractivity contribution < 1.29 is 0 Å². The fraction of sp³-hybridized carbons (Fsp3) is 0.875. The zero-order chi connectivity index (χ0) is 12.4. The van der Waals surface area contributed by atoms with Crippen LogP contribution in [0.1, 0.15) is 68.9 Å². The van der Waals surface area contributed by atoms with Crippen molar-refractivity contribution in [3.8, 4) is 0 Å². The van der Waals surface area contributed by atoms with Gasteiger partial charge in [-0.2, -0.15) is 5.10 Å². The summed E-state index contributed by atoms with van der Waals surface area (Å²) in [5, 5.41) is 7.68. The number of rotatable bonds is 3. The van der Waals surface area contributed by atoms with Crippen LogP contribution < -0.4 is 0 Å². The van der Waals surface area contributed by atoms with Gasteiger partial charge in [0.1, 0.15) is 5.82 Å². The average Bonchev–Trinajstić information content (AvgIpc) is 3.09. The van der Waals surface area contributed by atoms with Gasteiger partial charge in [-0.1, -0.05) is 0 Å². The highest BCUT2D eigenvalue weighted by atomic mass is 15.2. The van der Waals surface area contributed by atoms with Crippen LogP contribution in [0, 0.1) is 23.2 Å². The number of nitrogens with one attached hydrogen (secondary N) is 1. The highest BCUT2D eigenvalue weighted by Gasteiger charge is 2.51. The molecule has 1 aromatic rings. The maximum Gasteiger partial charge on any atom is 0.153 e. The van der Waals surface area contributed by atoms with Gasteiger partial charge in [-0.25, -0.2) is 4.98 Å². The number of H-pyrrole nitrogens is 1. The summed E-state index contributed by atoms with van der Waals surface area (Å²) in [6.45, 7) is 0. The zero-order valence-electron chi connectivity index (χ0n) is 11.6. The lowest BCUT2D eigenvalue weighted by Gasteiger charge is -2.56. The lowest BCUT2D eigenvalue weighted by Crippen LogP contribution is -2.47. The second-order valence-electron chi connectivity index (χ2n) is 8.01. The summed E-state index contributed by atoms with van der Waals surface area (Å²) >= 11 is 0. The molecule has 1 N–H and O–H groups in total. The van der Waals surface area contributed by atoms with E-state index in [0.717, 1.165) is 23.6 Å². The van der Waals surface area contributed by atoms with Gasteiger partial charge in [0.05, 0.1) is 0 Å². The molecule has 6 rings (SSSR count). The van der Waals surface area contributed by atoms with E-state index in [0.29, 0.717) is 11.3 Å². The van der Waals surface area contributed by atoms with Crippen molar-refractivity contribution in [2.75, 3.05) is 0 Å². The summed E-state index contributed by atoms with van der Waals surface area (Å²) in [6, 6.07) is 0. The molecule has 0 saturated heterocycles. The van der Waals surface area contributed by atoms with Gasteiger partial charge in [0.25, 0.3) is 0 Å². The first-order valence-corrected chi connectivity index (χ1v) is 8.19. The van der Waals surface area contributed by atoms with E-state index in [2.05, 4.69) is 10.2 Å². The van der Waals surface area contributed by atoms with Gasteiger partial charge < -0.3 is 0 Å². The summed E-state index contributed by atoms with van der Waals surface area (Å²) < 4.78 is 0. The minimum absolute atomic E-state index is 0.592. The van der Waals surface area contributed by atoms with Crippen LogP contribution in [0.15, 0.2) is 0 Å². The van der Waals surface area contributed by atoms with Crippen molar-refractivity contribution >= 4 is 0 Å². The molecule has 0 unspecified atom stereocenters. The Labute approximate surface area is 114 Å². The standard InChI is InChI=1S/C16H23N3/c1-2-13(1)15-17-14(18-19-15)9-16-6-10-3-11(7-16)5-12(4-10)8-16/h10-13H,1-9H2,(H,17,18,19). The third-order valence-electron chi connectivity index (χ3n) is 6.20. The van der Waals surface area contributed by atoms with Gasteiger partial charge in [0.2, 0.25) is 0 Å². The number of hydrogen-bond acceptors (Lipinski definition) is 2. The lowest BCUT2D eigenvalue weighted by atomic mass is 9.49. The Kier molecular flexibility index (Phi) is 2.07. The van der Waals surface area contributed by atoms with Crippen molar-refractivity contribution in [1.82, 2.24) is 15.2 Å². The van der Waals surface area contributed by atoms with E-state index in [1.807, 2.05) is 0 Å². The van der Waals surface area contributed by atoms with Crippen LogP contribution in [0.3, 0.4) is 0 Å². The van der Waals surface area contributed by atoms with E-state index in [1.165, 1.54) is 63.6 Å². The van der Waals surface area contributed by atoms with Crippen LogP contribution in [0.5, 0.6) is 0 Å². The van der Waals surface area contributed by atoms with Crippen LogP contribution in [0.2, 0.25) is 0 Å². The van der Waals surface area contributed by atoms with Gasteiger partial charge in [0.15, 0.2) is 5.82 Å². The molecule has 5 aliphatic carbocycles. The van der Waals surface area contributed by atoms with Crippen LogP contribution >= 0.6 is 0 Å². The van der Waals surface area contributed by atoms with Crippen LogP contribution in [-0.2, 0) is 6.42 Å². The van der Waals surface area contributed by atoms with Crippen LogP contribution in [0.25, 0.3) is 0 Å². The average molecular weight is 257 g/mol. The predicted molar refractivity (Wildman–Crippen MR) is 72.7 cm³/mol. The summed E-state index contributed by atoms with van der Waals surface area (Å²) in [7, 11) is 0. The molecule has 0 amide bonds. The molecule has 19 heavy (non-hydrogen) atoms. The SMILES string of the molecule is C1C2CC3CC1CC(Cc1nc(C4CC4)n[nH]1)(C2)C3. The van der Waals surface area contributed by atoms with E-state index in [9.17, 15) is 0 Å². The second kappa shape index (κ2) is 3.62. The Morgan fingerprint density at radius 3 is 2.21 bits per heavy atom. The fourth-order valence-corrected chi connectivity index (χ4v) is 5.77. The molecule has 0 spiro atoms. The summed E-state index contributed by atoms with van der Waals surface area (Å²) in [4.78, 5) is 4.78. The highest BCUT2D eigenvalue weighted by molar-refractivity contribution is 5.09. The largest absolute Gasteiger partial charge is 0.263 e. The molecule has 0 aliphatic heterocycles. The monoisotopic (exact) mass is 257 g/mol. The van der Waals surface area contributed by atoms with Crippen molar-refractivity contribution in [3.05, 3.63) is 11.6 Å². The first kappa shape index (κ1) is 10.9. The number of aromatic nitrogens is 3. The highest BCUT2D eigenvalue weighted by Crippen LogP contribution is 2.60. The minimum atomic E-state index is 0.592. The third-order valence-corrected chi connectivity index (χ3v) is 6.20. The molecule has 4 bridgehead atoms. The molecule has 5 saturated carbocycles. The molecule has 5 fully saturated rings. The van der Waals surface area contributed by atoms with E-state index in [-0.39, 0.29) is 0 Å². The Bertz CT molecular complexity index is 465. The van der Waals surface area contributed by atoms with E-state index >= 15 is 0 Å². The van der Waals surface area contributed by atoms with Crippen LogP contribution in [-0.4, -0.2) is 15.2 Å². The minimum Gasteiger partial charge on any atom is -0.263 e. The summed E-state index contributed by atoms with van der Waals surface area (Å²) in [6.07, 6.45) is 12.8. The van der Waals surface area contributed by atoms with Gasteiger partial charge in [0, 0.05) is 12.3 Å². The van der Waals surface area contributed by atoms with E-state index in [4.69, 9.17) is 4.98 Å². The van der Waals surface area contributed by atoms with E-state index in [1.54, 1.807) is 0 Å². The van der Waals surface area contributed by atoms with Crippen molar-refractivity contribution in [2.24, 2.45) is 23.2 Å². The van der Waals surface area contributed by atoms with E-state index < -0.39 is 0 Å². The molecular formula is C16H23N3. The molecular weight excluding hydrogens is 234 g/mol. The fourth-order valence-electron chi connectivity index (χ4n) is 5.77. The molecule has 0 atom stereocenters. The van der Waals surface area contributed by atoms with Crippen molar-refractivity contribution in [1.29, 1.82) is 0 Å². The molecule has 0 aromatic carbocycles. The van der Waals surface area contributed by atoms with Gasteiger partial charge >= 0.3 is 0 Å². The Morgan fingerprint density at radius 2 is 1.63 bits per heavy atom. The lowest BCUT2D eigenvalue weighted by molar-refractivity contribution is -0.0531. The van der Waals surface area contributed by atoms with Gasteiger partial charge in [-0.15, -0.1) is 0 Å². The molecule has 5 aliphatic rings. The summed E-state index contributed by atoms with van der Waals surface area (Å²) in [5.74, 6) is 6.08. The quantitative estimate of drug-likeness (QED) is 0.901. The molecule has 102 valence electrons. The maximum absolute atomic E-state index is 4.78. The second-order valence-corrected chi connectivity index (χ2v) is 8.01. The van der Waals surface area contributed by atoms with Gasteiger partial charge in [-0.05, 0) is 74.5 Å².